The van der Waals surface area contributed by atoms with Gasteiger partial charge in [-0.15, -0.1) is 0 Å². The van der Waals surface area contributed by atoms with Crippen LogP contribution in [0, 0.1) is 11.8 Å². The van der Waals surface area contributed by atoms with Crippen LogP contribution in [0.25, 0.3) is 0 Å². The van der Waals surface area contributed by atoms with Crippen molar-refractivity contribution in [2.45, 2.75) is 155 Å². The molecule has 2 fully saturated rings. The molecule has 2 aliphatic rings. The summed E-state index contributed by atoms with van der Waals surface area (Å²) in [5.41, 5.74) is 3.76. The first-order valence-electron chi connectivity index (χ1n) is 17.9. The van der Waals surface area contributed by atoms with E-state index in [1.165, 1.54) is 11.1 Å². The van der Waals surface area contributed by atoms with Gasteiger partial charge in [-0.05, 0) is 110 Å². The van der Waals surface area contributed by atoms with E-state index in [2.05, 4.69) is 32.9 Å². The third-order valence-electron chi connectivity index (χ3n) is 9.22. The molecule has 0 aromatic heterocycles. The molecule has 2 saturated carbocycles. The van der Waals surface area contributed by atoms with Gasteiger partial charge in [0.2, 0.25) is 13.6 Å². The van der Waals surface area contributed by atoms with Gasteiger partial charge < -0.3 is 14.0 Å². The van der Waals surface area contributed by atoms with Crippen molar-refractivity contribution in [1.82, 2.24) is 0 Å². The summed E-state index contributed by atoms with van der Waals surface area (Å²) in [6.07, 6.45) is 21.0. The molecule has 0 aromatic carbocycles. The van der Waals surface area contributed by atoms with E-state index in [4.69, 9.17) is 18.5 Å². The van der Waals surface area contributed by atoms with E-state index in [0.29, 0.717) is 6.42 Å². The second-order valence-electron chi connectivity index (χ2n) is 13.8. The van der Waals surface area contributed by atoms with Gasteiger partial charge in [0.05, 0.1) is 0 Å². The fourth-order valence-electron chi connectivity index (χ4n) is 6.35. The van der Waals surface area contributed by atoms with E-state index in [9.17, 15) is 27.1 Å². The van der Waals surface area contributed by atoms with Crippen molar-refractivity contribution in [2.24, 2.45) is 11.8 Å². The summed E-state index contributed by atoms with van der Waals surface area (Å²) in [5, 5.41) is 0. The largest absolute Gasteiger partial charge is 1.00 e. The van der Waals surface area contributed by atoms with Gasteiger partial charge in [-0.3, -0.25) is 23.2 Å². The van der Waals surface area contributed by atoms with Crippen molar-refractivity contribution in [3.63, 3.8) is 0 Å². The quantitative estimate of drug-likeness (QED) is 0.0225. The van der Waals surface area contributed by atoms with Crippen LogP contribution < -0.4 is 51.4 Å². The number of allylic oxidation sites excluding steroid dienone is 6. The molecule has 2 aliphatic carbocycles. The van der Waals surface area contributed by atoms with Gasteiger partial charge >= 0.3 is 70.9 Å². The molecular weight excluding hydrogens is 695 g/mol. The Labute approximate surface area is 338 Å². The predicted molar refractivity (Wildman–Crippen MR) is 187 cm³/mol. The standard InChI is InChI=1S/C36H61O10PS.K/c1-29(2)15-13-17-31(4)19-14-18-30(3)16-11-12-24-36(48(40,41)42)47(39,45-27-43-34(37)25-32-20-7-5-8-21-32)46-28-44-35(38)26-33-22-9-6-10-23-33;/h15-16,19,32-33,36H,5-14,17-18,20-28H2,1-4H3,(H,40,41,42);/q;+1/p-1/b30-16+,31-19+;. The molecule has 0 amide bonds. The molecular formula is C36H60KO10PS. The van der Waals surface area contributed by atoms with Crippen LogP contribution in [0.4, 0.5) is 0 Å². The third-order valence-corrected chi connectivity index (χ3v) is 13.6. The second-order valence-corrected chi connectivity index (χ2v) is 17.9. The first kappa shape index (κ1) is 46.9. The number of esters is 2. The van der Waals surface area contributed by atoms with Crippen molar-refractivity contribution in [3.8, 4) is 0 Å². The van der Waals surface area contributed by atoms with Crippen LogP contribution in [0.15, 0.2) is 34.9 Å². The molecule has 276 valence electrons. The zero-order valence-corrected chi connectivity index (χ0v) is 35.6. The molecule has 49 heavy (non-hydrogen) atoms. The smallest absolute Gasteiger partial charge is 0.747 e. The number of carbonyl (C=O) groups is 2. The molecule has 0 spiro atoms. The molecule has 1 unspecified atom stereocenters. The Morgan fingerprint density at radius 3 is 1.59 bits per heavy atom. The van der Waals surface area contributed by atoms with E-state index in [1.54, 1.807) is 0 Å². The summed E-state index contributed by atoms with van der Waals surface area (Å²) >= 11 is 0. The molecule has 0 bridgehead atoms. The van der Waals surface area contributed by atoms with Crippen molar-refractivity contribution in [2.75, 3.05) is 13.6 Å². The molecule has 0 heterocycles. The van der Waals surface area contributed by atoms with E-state index < -0.39 is 48.2 Å². The zero-order valence-electron chi connectivity index (χ0n) is 30.8. The van der Waals surface area contributed by atoms with Crippen LogP contribution in [0.2, 0.25) is 0 Å². The van der Waals surface area contributed by atoms with Crippen molar-refractivity contribution in [1.29, 1.82) is 0 Å². The maximum atomic E-state index is 13.9. The van der Waals surface area contributed by atoms with Crippen LogP contribution in [-0.4, -0.2) is 43.5 Å². The van der Waals surface area contributed by atoms with E-state index in [-0.39, 0.29) is 88.9 Å². The van der Waals surface area contributed by atoms with Crippen molar-refractivity contribution in [3.05, 3.63) is 34.9 Å². The topological polar surface area (TPSA) is 145 Å². The van der Waals surface area contributed by atoms with Crippen LogP contribution in [0.1, 0.15) is 150 Å². The Morgan fingerprint density at radius 2 is 1.16 bits per heavy atom. The fraction of sp³-hybridized carbons (Fsp3) is 0.778. The fourth-order valence-corrected chi connectivity index (χ4v) is 9.74. The predicted octanol–water partition coefficient (Wildman–Crippen LogP) is 6.62. The van der Waals surface area contributed by atoms with Gasteiger partial charge in [-0.25, -0.2) is 8.42 Å². The average Bonchev–Trinajstić information content (AvgIpc) is 3.01. The van der Waals surface area contributed by atoms with Gasteiger partial charge in [0, 0.05) is 12.8 Å². The molecule has 0 radical (unpaired) electrons. The maximum absolute atomic E-state index is 13.9. The Balaban J connectivity index is 0.0000120. The van der Waals surface area contributed by atoms with Crippen molar-refractivity contribution >= 4 is 29.7 Å². The molecule has 0 N–H and O–H groups in total. The van der Waals surface area contributed by atoms with Gasteiger partial charge in [0.1, 0.15) is 10.1 Å². The van der Waals surface area contributed by atoms with Gasteiger partial charge in [0.15, 0.2) is 4.99 Å². The van der Waals surface area contributed by atoms with Crippen LogP contribution >= 0.6 is 7.60 Å². The zero-order chi connectivity index (χ0) is 35.4. The number of hydrogen-bond donors (Lipinski definition) is 0. The first-order valence-corrected chi connectivity index (χ1v) is 21.0. The Bertz CT molecular complexity index is 1190. The molecule has 1 atom stereocenters. The monoisotopic (exact) mass is 754 g/mol. The summed E-state index contributed by atoms with van der Waals surface area (Å²) in [5.74, 6) is -0.742. The number of hydrogen-bond acceptors (Lipinski definition) is 10. The third kappa shape index (κ3) is 21.2. The van der Waals surface area contributed by atoms with Gasteiger partial charge in [-0.1, -0.05) is 73.5 Å². The Morgan fingerprint density at radius 1 is 0.735 bits per heavy atom. The Hall–Kier alpha value is -0.144. The minimum Gasteiger partial charge on any atom is -0.747 e. The number of rotatable bonds is 22. The number of unbranched alkanes of at least 4 members (excludes halogenated alkanes) is 1. The first-order chi connectivity index (χ1) is 22.8. The van der Waals surface area contributed by atoms with Gasteiger partial charge in [-0.2, -0.15) is 0 Å². The maximum Gasteiger partial charge on any atom is 1.00 e. The van der Waals surface area contributed by atoms with Crippen LogP contribution in [0.5, 0.6) is 0 Å². The van der Waals surface area contributed by atoms with E-state index in [0.717, 1.165) is 95.5 Å². The van der Waals surface area contributed by atoms with Crippen LogP contribution in [0.3, 0.4) is 0 Å². The minimum atomic E-state index is -5.18. The van der Waals surface area contributed by atoms with E-state index in [1.807, 2.05) is 13.0 Å². The summed E-state index contributed by atoms with van der Waals surface area (Å²) < 4.78 is 72.0. The summed E-state index contributed by atoms with van der Waals surface area (Å²) in [7, 11) is -9.93. The normalized spacial score (nSPS) is 17.6. The Kier molecular flexibility index (Phi) is 24.7. The second kappa shape index (κ2) is 25.8. The summed E-state index contributed by atoms with van der Waals surface area (Å²) in [6, 6.07) is 0. The van der Waals surface area contributed by atoms with Gasteiger partial charge in [0.25, 0.3) is 0 Å². The molecule has 0 saturated heterocycles. The minimum absolute atomic E-state index is 0. The molecule has 13 heteroatoms. The number of carbonyl (C=O) groups excluding carboxylic acids is 2. The van der Waals surface area contributed by atoms with E-state index >= 15 is 0 Å². The van der Waals surface area contributed by atoms with Crippen LogP contribution in [-0.2, 0) is 42.8 Å². The SMILES string of the molecule is CC(C)=CCC/C(C)=C/CC/C(C)=C/CCCC(P(=O)(OCOC(=O)CC1CCCCC1)OCOC(=O)CC1CCCCC1)S(=O)(=O)[O-].[K+]. The number of ether oxygens (including phenoxy) is 2. The summed E-state index contributed by atoms with van der Waals surface area (Å²) in [4.78, 5) is 22.8. The van der Waals surface area contributed by atoms with Crippen molar-refractivity contribution < 1.29 is 97.0 Å². The summed E-state index contributed by atoms with van der Waals surface area (Å²) in [6.45, 7) is 6.61. The average molecular weight is 755 g/mol. The molecule has 10 nitrogen and oxygen atoms in total. The molecule has 0 aromatic rings. The molecule has 0 aliphatic heterocycles. The molecule has 2 rings (SSSR count).